The average Bonchev–Trinajstić information content (AvgIpc) is 2.95. The van der Waals surface area contributed by atoms with Crippen LogP contribution in [0.4, 0.5) is 5.13 Å². The molecule has 0 aliphatic carbocycles. The number of nitrogens with one attached hydrogen (secondary N) is 1. The summed E-state index contributed by atoms with van der Waals surface area (Å²) in [6.07, 6.45) is 1.24. The predicted octanol–water partition coefficient (Wildman–Crippen LogP) is 4.19. The molecule has 3 aromatic rings. The van der Waals surface area contributed by atoms with E-state index >= 15 is 0 Å². The van der Waals surface area contributed by atoms with Gasteiger partial charge in [0.15, 0.2) is 15.0 Å². The maximum atomic E-state index is 12.2. The van der Waals surface area contributed by atoms with Crippen molar-refractivity contribution >= 4 is 65.6 Å². The molecule has 0 unspecified atom stereocenters. The molecule has 3 rings (SSSR count). The Morgan fingerprint density at radius 2 is 1.76 bits per heavy atom. The number of sulfone groups is 1. The molecule has 1 amide bonds. The van der Waals surface area contributed by atoms with Crippen molar-refractivity contribution < 1.29 is 13.2 Å². The Hall–Kier alpha value is -1.67. The molecule has 0 aliphatic heterocycles. The highest BCUT2D eigenvalue weighted by molar-refractivity contribution is 7.90. The van der Waals surface area contributed by atoms with Gasteiger partial charge in [0.2, 0.25) is 5.91 Å². The first-order chi connectivity index (χ1) is 11.7. The number of aromatic nitrogens is 1. The highest BCUT2D eigenvalue weighted by atomic mass is 35.5. The molecule has 0 fully saturated rings. The van der Waals surface area contributed by atoms with E-state index in [0.717, 1.165) is 6.26 Å². The van der Waals surface area contributed by atoms with Gasteiger partial charge in [-0.3, -0.25) is 4.79 Å². The fourth-order valence-corrected chi connectivity index (χ4v) is 4.27. The number of carbonyl (C=O) groups is 1. The molecule has 1 N–H and O–H groups in total. The second kappa shape index (κ2) is 6.92. The van der Waals surface area contributed by atoms with Gasteiger partial charge in [-0.2, -0.15) is 0 Å². The van der Waals surface area contributed by atoms with E-state index in [1.807, 2.05) is 0 Å². The van der Waals surface area contributed by atoms with Crippen molar-refractivity contribution in [2.75, 3.05) is 11.6 Å². The molecule has 0 atom stereocenters. The van der Waals surface area contributed by atoms with E-state index in [0.29, 0.717) is 31.0 Å². The van der Waals surface area contributed by atoms with Crippen LogP contribution < -0.4 is 5.32 Å². The van der Waals surface area contributed by atoms with Crippen LogP contribution in [0, 0.1) is 0 Å². The van der Waals surface area contributed by atoms with Crippen LogP contribution in [0.3, 0.4) is 0 Å². The van der Waals surface area contributed by atoms with E-state index < -0.39 is 9.84 Å². The first-order valence-electron chi connectivity index (χ1n) is 7.07. The topological polar surface area (TPSA) is 76.1 Å². The van der Waals surface area contributed by atoms with Gasteiger partial charge in [-0.05, 0) is 29.8 Å². The number of thiazole rings is 1. The lowest BCUT2D eigenvalue weighted by molar-refractivity contribution is -0.115. The lowest BCUT2D eigenvalue weighted by Crippen LogP contribution is -2.14. The third-order valence-corrected chi connectivity index (χ3v) is 6.27. The molecule has 0 bridgehead atoms. The Morgan fingerprint density at radius 3 is 2.36 bits per heavy atom. The van der Waals surface area contributed by atoms with Gasteiger partial charge < -0.3 is 5.32 Å². The summed E-state index contributed by atoms with van der Waals surface area (Å²) in [6, 6.07) is 9.52. The van der Waals surface area contributed by atoms with Crippen LogP contribution in [-0.4, -0.2) is 25.6 Å². The Balaban J connectivity index is 1.75. The summed E-state index contributed by atoms with van der Waals surface area (Å²) in [5.74, 6) is -0.265. The molecule has 5 nitrogen and oxygen atoms in total. The number of halogens is 2. The van der Waals surface area contributed by atoms with E-state index in [2.05, 4.69) is 10.3 Å². The summed E-state index contributed by atoms with van der Waals surface area (Å²) < 4.78 is 23.6. The number of amides is 1. The lowest BCUT2D eigenvalue weighted by atomic mass is 10.1. The third-order valence-electron chi connectivity index (χ3n) is 3.41. The standard InChI is InChI=1S/C16H12Cl2N2O3S2/c1-25(22,23)10-4-2-9(3-5-10)8-13(21)19-16-20-14-11(17)6-7-12(18)15(14)24-16/h2-7H,8H2,1H3,(H,19,20,21). The van der Waals surface area contributed by atoms with Crippen molar-refractivity contribution in [1.82, 2.24) is 4.98 Å². The van der Waals surface area contributed by atoms with Gasteiger partial charge in [-0.15, -0.1) is 0 Å². The maximum absolute atomic E-state index is 12.2. The first-order valence-corrected chi connectivity index (χ1v) is 10.5. The van der Waals surface area contributed by atoms with E-state index in [9.17, 15) is 13.2 Å². The van der Waals surface area contributed by atoms with Gasteiger partial charge in [-0.1, -0.05) is 46.7 Å². The van der Waals surface area contributed by atoms with Crippen LogP contribution in [0.5, 0.6) is 0 Å². The van der Waals surface area contributed by atoms with Crippen molar-refractivity contribution in [2.45, 2.75) is 11.3 Å². The molecule has 2 aromatic carbocycles. The zero-order valence-corrected chi connectivity index (χ0v) is 16.1. The molecule has 0 radical (unpaired) electrons. The normalized spacial score (nSPS) is 11.6. The number of rotatable bonds is 4. The van der Waals surface area contributed by atoms with Gasteiger partial charge >= 0.3 is 0 Å². The Kier molecular flexibility index (Phi) is 5.02. The molecule has 25 heavy (non-hydrogen) atoms. The summed E-state index contributed by atoms with van der Waals surface area (Å²) in [5, 5.41) is 4.10. The second-order valence-corrected chi connectivity index (χ2v) is 9.20. The van der Waals surface area contributed by atoms with E-state index in [1.165, 1.54) is 23.5 Å². The van der Waals surface area contributed by atoms with Gasteiger partial charge in [0.05, 0.1) is 26.1 Å². The van der Waals surface area contributed by atoms with Crippen LogP contribution >= 0.6 is 34.5 Å². The van der Waals surface area contributed by atoms with Crippen LogP contribution in [0.25, 0.3) is 10.2 Å². The molecule has 0 saturated carbocycles. The summed E-state index contributed by atoms with van der Waals surface area (Å²) >= 11 is 13.4. The monoisotopic (exact) mass is 414 g/mol. The smallest absolute Gasteiger partial charge is 0.230 e. The minimum absolute atomic E-state index is 0.0986. The van der Waals surface area contributed by atoms with Crippen molar-refractivity contribution in [2.24, 2.45) is 0 Å². The number of anilines is 1. The summed E-state index contributed by atoms with van der Waals surface area (Å²) in [6.45, 7) is 0. The Morgan fingerprint density at radius 1 is 1.12 bits per heavy atom. The SMILES string of the molecule is CS(=O)(=O)c1ccc(CC(=O)Nc2nc3c(Cl)ccc(Cl)c3s2)cc1. The van der Waals surface area contributed by atoms with Gasteiger partial charge in [0, 0.05) is 6.26 Å². The highest BCUT2D eigenvalue weighted by Crippen LogP contribution is 2.36. The van der Waals surface area contributed by atoms with E-state index in [4.69, 9.17) is 23.2 Å². The average molecular weight is 415 g/mol. The fraction of sp³-hybridized carbons (Fsp3) is 0.125. The largest absolute Gasteiger partial charge is 0.302 e. The first kappa shape index (κ1) is 18.1. The second-order valence-electron chi connectivity index (χ2n) is 5.37. The predicted molar refractivity (Wildman–Crippen MR) is 102 cm³/mol. The molecular weight excluding hydrogens is 403 g/mol. The number of carbonyl (C=O) groups excluding carboxylic acids is 1. The number of benzene rings is 2. The number of hydrogen-bond donors (Lipinski definition) is 1. The number of fused-ring (bicyclic) bond motifs is 1. The van der Waals surface area contributed by atoms with Crippen molar-refractivity contribution in [3.8, 4) is 0 Å². The molecule has 0 saturated heterocycles. The zero-order chi connectivity index (χ0) is 18.2. The van der Waals surface area contributed by atoms with Crippen LogP contribution in [0.15, 0.2) is 41.3 Å². The molecule has 1 aromatic heterocycles. The lowest BCUT2D eigenvalue weighted by Gasteiger charge is -2.03. The molecule has 0 aliphatic rings. The van der Waals surface area contributed by atoms with E-state index in [-0.39, 0.29) is 17.2 Å². The van der Waals surface area contributed by atoms with E-state index in [1.54, 1.807) is 24.3 Å². The summed E-state index contributed by atoms with van der Waals surface area (Å²) in [4.78, 5) is 16.7. The number of nitrogens with zero attached hydrogens (tertiary/aromatic N) is 1. The van der Waals surface area contributed by atoms with Crippen molar-refractivity contribution in [3.05, 3.63) is 52.0 Å². The minimum atomic E-state index is -3.25. The van der Waals surface area contributed by atoms with Gasteiger partial charge in [0.25, 0.3) is 0 Å². The minimum Gasteiger partial charge on any atom is -0.302 e. The highest BCUT2D eigenvalue weighted by Gasteiger charge is 2.13. The maximum Gasteiger partial charge on any atom is 0.230 e. The Bertz CT molecular complexity index is 1020. The fourth-order valence-electron chi connectivity index (χ4n) is 2.20. The summed E-state index contributed by atoms with van der Waals surface area (Å²) in [5.41, 5.74) is 1.24. The van der Waals surface area contributed by atoms with Crippen LogP contribution in [-0.2, 0) is 21.1 Å². The number of hydrogen-bond acceptors (Lipinski definition) is 5. The van der Waals surface area contributed by atoms with Crippen molar-refractivity contribution in [1.29, 1.82) is 0 Å². The Labute approximate surface area is 158 Å². The quantitative estimate of drug-likeness (QED) is 0.694. The summed E-state index contributed by atoms with van der Waals surface area (Å²) in [7, 11) is -3.25. The van der Waals surface area contributed by atoms with Crippen LogP contribution in [0.2, 0.25) is 10.0 Å². The molecule has 0 spiro atoms. The van der Waals surface area contributed by atoms with Crippen molar-refractivity contribution in [3.63, 3.8) is 0 Å². The molecule has 130 valence electrons. The third kappa shape index (κ3) is 4.12. The van der Waals surface area contributed by atoms with Gasteiger partial charge in [-0.25, -0.2) is 13.4 Å². The molecule has 1 heterocycles. The zero-order valence-electron chi connectivity index (χ0n) is 12.9. The van der Waals surface area contributed by atoms with Gasteiger partial charge in [0.1, 0.15) is 5.52 Å². The molecule has 9 heteroatoms. The molecular formula is C16H12Cl2N2O3S2. The van der Waals surface area contributed by atoms with Crippen LogP contribution in [0.1, 0.15) is 5.56 Å².